The van der Waals surface area contributed by atoms with Gasteiger partial charge in [0.25, 0.3) is 0 Å². The molecule has 0 amide bonds. The third kappa shape index (κ3) is 6.38. The van der Waals surface area contributed by atoms with Crippen molar-refractivity contribution in [1.82, 2.24) is 0 Å². The van der Waals surface area contributed by atoms with Crippen molar-refractivity contribution in [3.8, 4) is 0 Å². The van der Waals surface area contributed by atoms with E-state index in [1.807, 2.05) is 41.5 Å². The van der Waals surface area contributed by atoms with Gasteiger partial charge in [0.2, 0.25) is 0 Å². The van der Waals surface area contributed by atoms with E-state index in [-0.39, 0.29) is 12.2 Å². The van der Waals surface area contributed by atoms with Crippen LogP contribution in [0.3, 0.4) is 0 Å². The Morgan fingerprint density at radius 3 is 1.94 bits per heavy atom. The summed E-state index contributed by atoms with van der Waals surface area (Å²) >= 11 is -1.71. The summed E-state index contributed by atoms with van der Waals surface area (Å²) in [6, 6.07) is 0. The van der Waals surface area contributed by atoms with Crippen molar-refractivity contribution in [3.05, 3.63) is 8.58 Å². The van der Waals surface area contributed by atoms with Crippen molar-refractivity contribution < 1.29 is 41.7 Å². The molecular formula is C11H22ClHgO4P. The van der Waals surface area contributed by atoms with E-state index in [0.29, 0.717) is 12.1 Å². The second kappa shape index (κ2) is 8.96. The molecule has 0 aromatic carbocycles. The Morgan fingerprint density at radius 2 is 1.67 bits per heavy atom. The first kappa shape index (κ1) is 18.9. The average molecular weight is 485 g/mol. The monoisotopic (exact) mass is 486 g/mol. The van der Waals surface area contributed by atoms with Gasteiger partial charge in [-0.05, 0) is 0 Å². The molecule has 0 unspecified atom stereocenters. The molecule has 0 aliphatic carbocycles. The normalized spacial score (nSPS) is 13.6. The van der Waals surface area contributed by atoms with Gasteiger partial charge in [-0.25, -0.2) is 0 Å². The zero-order valence-electron chi connectivity index (χ0n) is 12.0. The van der Waals surface area contributed by atoms with Crippen LogP contribution < -0.4 is 0 Å². The fourth-order valence-electron chi connectivity index (χ4n) is 1.31. The van der Waals surface area contributed by atoms with Gasteiger partial charge in [-0.1, -0.05) is 0 Å². The SMILES string of the molecule is CCO/C(=[C](\C)[Hg][Cl])P(=O)(OC(C)C)OC(C)C. The fraction of sp³-hybridized carbons (Fsp3) is 0.818. The molecule has 0 aliphatic rings. The molecule has 0 heterocycles. The standard InChI is InChI=1S/C11H22O4P.ClH.Hg/c1-7-11(13-8-2)16(12,14-9(3)4)15-10(5)6;;/h9-10H,8H2,1-6H3;1H;/q;;+1/p-1. The predicted molar refractivity (Wildman–Crippen MR) is 70.2 cm³/mol. The van der Waals surface area contributed by atoms with Crippen molar-refractivity contribution in [3.63, 3.8) is 0 Å². The van der Waals surface area contributed by atoms with E-state index in [1.165, 1.54) is 0 Å². The molecular weight excluding hydrogens is 463 g/mol. The molecule has 4 nitrogen and oxygen atoms in total. The molecule has 0 saturated heterocycles. The van der Waals surface area contributed by atoms with Crippen LogP contribution in [0, 0.1) is 0 Å². The summed E-state index contributed by atoms with van der Waals surface area (Å²) in [5.74, 6) is 0. The van der Waals surface area contributed by atoms with Crippen molar-refractivity contribution in [1.29, 1.82) is 0 Å². The topological polar surface area (TPSA) is 44.8 Å². The third-order valence-electron chi connectivity index (χ3n) is 1.79. The van der Waals surface area contributed by atoms with Crippen molar-refractivity contribution >= 4 is 15.8 Å². The third-order valence-corrected chi connectivity index (χ3v) is 11.7. The van der Waals surface area contributed by atoms with E-state index >= 15 is 0 Å². The Kier molecular flexibility index (Phi) is 9.42. The zero-order chi connectivity index (χ0) is 14.3. The number of hydrogen-bond acceptors (Lipinski definition) is 4. The first-order valence-electron chi connectivity index (χ1n) is 6.12. The molecule has 0 aromatic heterocycles. The van der Waals surface area contributed by atoms with Gasteiger partial charge in [-0.3, -0.25) is 0 Å². The Balaban J connectivity index is 5.43. The number of halogens is 1. The van der Waals surface area contributed by atoms with E-state index in [9.17, 15) is 4.57 Å². The maximum atomic E-state index is 12.9. The number of ether oxygens (including phenoxy) is 1. The van der Waals surface area contributed by atoms with Crippen LogP contribution in [0.4, 0.5) is 0 Å². The molecule has 7 heteroatoms. The molecule has 0 bridgehead atoms. The van der Waals surface area contributed by atoms with Crippen molar-refractivity contribution in [2.45, 2.75) is 53.8 Å². The maximum absolute atomic E-state index is 12.9. The molecule has 0 saturated carbocycles. The van der Waals surface area contributed by atoms with Crippen LogP contribution in [0.2, 0.25) is 0 Å². The molecule has 0 aliphatic heterocycles. The Hall–Kier alpha value is 0.915. The van der Waals surface area contributed by atoms with Crippen LogP contribution in [0.1, 0.15) is 41.5 Å². The van der Waals surface area contributed by atoms with Crippen LogP contribution in [0.25, 0.3) is 0 Å². The number of rotatable bonds is 8. The number of allylic oxidation sites excluding steroid dienone is 1. The summed E-state index contributed by atoms with van der Waals surface area (Å²) in [7, 11) is 2.61. The van der Waals surface area contributed by atoms with Crippen molar-refractivity contribution in [2.75, 3.05) is 6.61 Å². The Bertz CT molecular complexity index is 317. The van der Waals surface area contributed by atoms with Crippen LogP contribution in [0.5, 0.6) is 0 Å². The minimum atomic E-state index is -3.40. The second-order valence-electron chi connectivity index (χ2n) is 4.46. The Morgan fingerprint density at radius 1 is 1.22 bits per heavy atom. The molecule has 104 valence electrons. The van der Waals surface area contributed by atoms with Gasteiger partial charge in [0.1, 0.15) is 0 Å². The second-order valence-corrected chi connectivity index (χ2v) is 13.8. The quantitative estimate of drug-likeness (QED) is 0.289. The molecule has 0 atom stereocenters. The number of hydrogen-bond donors (Lipinski definition) is 0. The molecule has 0 spiro atoms. The summed E-state index contributed by atoms with van der Waals surface area (Å²) in [4.78, 5) is 0. The van der Waals surface area contributed by atoms with Gasteiger partial charge in [-0.15, -0.1) is 0 Å². The predicted octanol–water partition coefficient (Wildman–Crippen LogP) is 4.49. The van der Waals surface area contributed by atoms with E-state index in [2.05, 4.69) is 0 Å². The first-order chi connectivity index (χ1) is 8.26. The van der Waals surface area contributed by atoms with E-state index in [1.54, 1.807) is 0 Å². The van der Waals surface area contributed by atoms with Crippen LogP contribution >= 0.6 is 15.8 Å². The molecule has 0 aromatic rings. The van der Waals surface area contributed by atoms with Gasteiger partial charge in [-0.2, -0.15) is 0 Å². The summed E-state index contributed by atoms with van der Waals surface area (Å²) in [6.07, 6.45) is -0.408. The van der Waals surface area contributed by atoms with Gasteiger partial charge in [0.15, 0.2) is 0 Å². The Labute approximate surface area is 126 Å². The molecule has 0 radical (unpaired) electrons. The summed E-state index contributed by atoms with van der Waals surface area (Å²) in [5.41, 5.74) is 0.337. The van der Waals surface area contributed by atoms with E-state index in [0.717, 1.165) is 3.08 Å². The van der Waals surface area contributed by atoms with Crippen molar-refractivity contribution in [2.24, 2.45) is 0 Å². The average Bonchev–Trinajstić information content (AvgIpc) is 2.22. The summed E-state index contributed by atoms with van der Waals surface area (Å²) in [5, 5.41) is 0. The van der Waals surface area contributed by atoms with Gasteiger partial charge >= 0.3 is 126 Å². The molecule has 18 heavy (non-hydrogen) atoms. The van der Waals surface area contributed by atoms with E-state index < -0.39 is 30.9 Å². The fourth-order valence-corrected chi connectivity index (χ4v) is 9.09. The summed E-state index contributed by atoms with van der Waals surface area (Å²) in [6.45, 7) is 11.4. The van der Waals surface area contributed by atoms with Crippen LogP contribution in [-0.4, -0.2) is 18.8 Å². The minimum absolute atomic E-state index is 0.204. The van der Waals surface area contributed by atoms with Crippen LogP contribution in [-0.2, 0) is 41.7 Å². The van der Waals surface area contributed by atoms with Crippen LogP contribution in [0.15, 0.2) is 8.58 Å². The molecule has 0 N–H and O–H groups in total. The summed E-state index contributed by atoms with van der Waals surface area (Å²) < 4.78 is 30.3. The first-order valence-corrected chi connectivity index (χ1v) is 17.2. The van der Waals surface area contributed by atoms with Gasteiger partial charge in [0.05, 0.1) is 0 Å². The molecule has 0 fully saturated rings. The van der Waals surface area contributed by atoms with Gasteiger partial charge < -0.3 is 0 Å². The zero-order valence-corrected chi connectivity index (χ0v) is 19.2. The van der Waals surface area contributed by atoms with Gasteiger partial charge in [0, 0.05) is 0 Å². The van der Waals surface area contributed by atoms with E-state index in [4.69, 9.17) is 22.0 Å². The molecule has 0 rings (SSSR count).